The minimum Gasteiger partial charge on any atom is -0.393 e. The fourth-order valence-corrected chi connectivity index (χ4v) is 2.98. The predicted molar refractivity (Wildman–Crippen MR) is 80.5 cm³/mol. The van der Waals surface area contributed by atoms with E-state index in [-0.39, 0.29) is 4.90 Å². The highest BCUT2D eigenvalue weighted by Crippen LogP contribution is 2.11. The third kappa shape index (κ3) is 4.93. The molecule has 0 spiro atoms. The van der Waals surface area contributed by atoms with E-state index in [4.69, 9.17) is 18.0 Å². The number of sulfonamides is 1. The molecule has 0 unspecified atom stereocenters. The van der Waals surface area contributed by atoms with Crippen LogP contribution < -0.4 is 10.5 Å². The molecule has 3 N–H and O–H groups in total. The zero-order valence-electron chi connectivity index (χ0n) is 10.0. The van der Waals surface area contributed by atoms with Crippen LogP contribution in [-0.2, 0) is 16.4 Å². The Morgan fingerprint density at radius 3 is 2.50 bits per heavy atom. The number of benzene rings is 1. The van der Waals surface area contributed by atoms with Gasteiger partial charge in [0.2, 0.25) is 10.0 Å². The summed E-state index contributed by atoms with van der Waals surface area (Å²) in [5.74, 6) is 0.749. The van der Waals surface area contributed by atoms with Crippen molar-refractivity contribution in [3.05, 3.63) is 29.8 Å². The van der Waals surface area contributed by atoms with E-state index < -0.39 is 10.0 Å². The van der Waals surface area contributed by atoms with Crippen LogP contribution in [0.2, 0.25) is 0 Å². The lowest BCUT2D eigenvalue weighted by Gasteiger charge is -2.07. The molecule has 1 aromatic rings. The first-order chi connectivity index (χ1) is 8.45. The van der Waals surface area contributed by atoms with Gasteiger partial charge in [-0.3, -0.25) is 0 Å². The van der Waals surface area contributed by atoms with Gasteiger partial charge in [-0.2, -0.15) is 11.8 Å². The van der Waals surface area contributed by atoms with E-state index in [0.717, 1.165) is 11.3 Å². The van der Waals surface area contributed by atoms with E-state index in [1.54, 1.807) is 36.0 Å². The molecule has 0 fully saturated rings. The van der Waals surface area contributed by atoms with E-state index in [2.05, 4.69) is 4.72 Å². The first-order valence-electron chi connectivity index (χ1n) is 5.31. The lowest BCUT2D eigenvalue weighted by molar-refractivity contribution is 0.584. The second kappa shape index (κ2) is 7.08. The molecule has 0 aromatic heterocycles. The Hall–Kier alpha value is -0.630. The summed E-state index contributed by atoms with van der Waals surface area (Å²) in [6.45, 7) is 0.429. The molecular weight excluding hydrogens is 288 g/mol. The van der Waals surface area contributed by atoms with Crippen LogP contribution in [0.1, 0.15) is 5.56 Å². The fraction of sp³-hybridized carbons (Fsp3) is 0.364. The zero-order chi connectivity index (χ0) is 13.6. The second-order valence-corrected chi connectivity index (χ2v) is 6.95. The maximum atomic E-state index is 11.9. The molecule has 100 valence electrons. The topological polar surface area (TPSA) is 72.2 Å². The average molecular weight is 304 g/mol. The Morgan fingerprint density at radius 2 is 2.00 bits per heavy atom. The van der Waals surface area contributed by atoms with Gasteiger partial charge >= 0.3 is 0 Å². The van der Waals surface area contributed by atoms with Crippen molar-refractivity contribution in [1.29, 1.82) is 0 Å². The van der Waals surface area contributed by atoms with Gasteiger partial charge in [0.15, 0.2) is 0 Å². The van der Waals surface area contributed by atoms with E-state index in [9.17, 15) is 8.42 Å². The van der Waals surface area contributed by atoms with Crippen molar-refractivity contribution in [2.75, 3.05) is 18.6 Å². The number of nitrogens with one attached hydrogen (secondary N) is 1. The van der Waals surface area contributed by atoms with Crippen molar-refractivity contribution >= 4 is 39.0 Å². The molecule has 0 saturated carbocycles. The van der Waals surface area contributed by atoms with Crippen LogP contribution in [0.15, 0.2) is 29.2 Å². The summed E-state index contributed by atoms with van der Waals surface area (Å²) >= 11 is 6.39. The van der Waals surface area contributed by atoms with Crippen LogP contribution >= 0.6 is 24.0 Å². The van der Waals surface area contributed by atoms with E-state index in [1.807, 2.05) is 6.26 Å². The highest BCUT2D eigenvalue weighted by atomic mass is 32.2. The number of thioether (sulfide) groups is 1. The Morgan fingerprint density at radius 1 is 1.39 bits per heavy atom. The van der Waals surface area contributed by atoms with Gasteiger partial charge in [0, 0.05) is 18.7 Å². The Bertz CT molecular complexity index is 498. The summed E-state index contributed by atoms with van der Waals surface area (Å²) in [6.07, 6.45) is 2.41. The molecule has 1 aromatic carbocycles. The van der Waals surface area contributed by atoms with Crippen molar-refractivity contribution in [1.82, 2.24) is 4.72 Å². The number of nitrogens with two attached hydrogens (primary N) is 1. The zero-order valence-corrected chi connectivity index (χ0v) is 12.5. The summed E-state index contributed by atoms with van der Waals surface area (Å²) in [7, 11) is -3.41. The maximum absolute atomic E-state index is 11.9. The molecule has 0 heterocycles. The molecule has 18 heavy (non-hydrogen) atoms. The smallest absolute Gasteiger partial charge is 0.240 e. The van der Waals surface area contributed by atoms with Gasteiger partial charge in [-0.15, -0.1) is 0 Å². The molecule has 4 nitrogen and oxygen atoms in total. The van der Waals surface area contributed by atoms with E-state index in [0.29, 0.717) is 18.0 Å². The van der Waals surface area contributed by atoms with Crippen molar-refractivity contribution in [2.24, 2.45) is 5.73 Å². The van der Waals surface area contributed by atoms with E-state index >= 15 is 0 Å². The quantitative estimate of drug-likeness (QED) is 0.584. The van der Waals surface area contributed by atoms with Crippen LogP contribution in [-0.4, -0.2) is 32.0 Å². The molecule has 0 amide bonds. The Labute approximate surface area is 117 Å². The Balaban J connectivity index is 2.74. The summed E-state index contributed by atoms with van der Waals surface area (Å²) in [4.78, 5) is 0.652. The first-order valence-corrected chi connectivity index (χ1v) is 8.60. The summed E-state index contributed by atoms with van der Waals surface area (Å²) < 4.78 is 26.3. The fourth-order valence-electron chi connectivity index (χ4n) is 1.35. The molecule has 0 aliphatic carbocycles. The monoisotopic (exact) mass is 304 g/mol. The standard InChI is InChI=1S/C11H16N2O2S3/c1-17-7-6-13-18(14,15)10-4-2-9(3-5-10)8-11(12)16/h2-5,13H,6-8H2,1H3,(H2,12,16). The van der Waals surface area contributed by atoms with Crippen molar-refractivity contribution in [3.8, 4) is 0 Å². The van der Waals surface area contributed by atoms with E-state index in [1.165, 1.54) is 0 Å². The number of thiocarbonyl (C=S) groups is 1. The molecule has 7 heteroatoms. The van der Waals surface area contributed by atoms with Crippen LogP contribution in [0.25, 0.3) is 0 Å². The summed E-state index contributed by atoms with van der Waals surface area (Å²) in [5.41, 5.74) is 6.34. The van der Waals surface area contributed by atoms with Crippen LogP contribution in [0.4, 0.5) is 0 Å². The lowest BCUT2D eigenvalue weighted by atomic mass is 10.1. The highest BCUT2D eigenvalue weighted by molar-refractivity contribution is 7.98. The normalized spacial score (nSPS) is 11.4. The van der Waals surface area contributed by atoms with Crippen LogP contribution in [0.3, 0.4) is 0 Å². The van der Waals surface area contributed by atoms with Crippen molar-refractivity contribution in [2.45, 2.75) is 11.3 Å². The van der Waals surface area contributed by atoms with Crippen LogP contribution in [0.5, 0.6) is 0 Å². The van der Waals surface area contributed by atoms with Crippen molar-refractivity contribution in [3.63, 3.8) is 0 Å². The van der Waals surface area contributed by atoms with Crippen molar-refractivity contribution < 1.29 is 8.42 Å². The first kappa shape index (κ1) is 15.4. The van der Waals surface area contributed by atoms with Gasteiger partial charge < -0.3 is 5.73 Å². The van der Waals surface area contributed by atoms with Gasteiger partial charge in [0.25, 0.3) is 0 Å². The predicted octanol–water partition coefficient (Wildman–Crippen LogP) is 1.16. The molecule has 0 radical (unpaired) electrons. The summed E-state index contributed by atoms with van der Waals surface area (Å²) in [6, 6.07) is 6.58. The molecule has 0 aliphatic heterocycles. The minimum absolute atomic E-state index is 0.260. The van der Waals surface area contributed by atoms with Crippen LogP contribution in [0, 0.1) is 0 Å². The van der Waals surface area contributed by atoms with Gasteiger partial charge in [-0.05, 0) is 24.0 Å². The number of hydrogen-bond acceptors (Lipinski definition) is 4. The molecule has 0 bridgehead atoms. The lowest BCUT2D eigenvalue weighted by Crippen LogP contribution is -2.26. The molecule has 1 rings (SSSR count). The van der Waals surface area contributed by atoms with Gasteiger partial charge in [0.1, 0.15) is 0 Å². The third-order valence-electron chi connectivity index (χ3n) is 2.21. The maximum Gasteiger partial charge on any atom is 0.240 e. The van der Waals surface area contributed by atoms with Gasteiger partial charge in [0.05, 0.1) is 9.88 Å². The molecule has 0 aliphatic rings. The largest absolute Gasteiger partial charge is 0.393 e. The van der Waals surface area contributed by atoms with Gasteiger partial charge in [-0.25, -0.2) is 13.1 Å². The van der Waals surface area contributed by atoms with Gasteiger partial charge in [-0.1, -0.05) is 24.4 Å². The minimum atomic E-state index is -3.41. The molecule has 0 saturated heterocycles. The third-order valence-corrected chi connectivity index (χ3v) is 4.44. The SMILES string of the molecule is CSCCNS(=O)(=O)c1ccc(CC(N)=S)cc1. The number of hydrogen-bond donors (Lipinski definition) is 2. The second-order valence-electron chi connectivity index (χ2n) is 3.68. The molecular formula is C11H16N2O2S3. The molecule has 0 atom stereocenters. The Kier molecular flexibility index (Phi) is 6.07. The number of rotatable bonds is 7. The highest BCUT2D eigenvalue weighted by Gasteiger charge is 2.12. The average Bonchev–Trinajstić information content (AvgIpc) is 2.29. The summed E-state index contributed by atoms with van der Waals surface area (Å²) in [5, 5.41) is 0.